The molecule has 4 heteroatoms. The van der Waals surface area contributed by atoms with Gasteiger partial charge in [-0.3, -0.25) is 9.59 Å². The fraction of sp³-hybridized carbons (Fsp3) is 0.947. The molecule has 0 N–H and O–H groups in total. The van der Waals surface area contributed by atoms with Gasteiger partial charge in [0, 0.05) is 12.8 Å². The quantitative estimate of drug-likeness (QED) is 0.0536. The van der Waals surface area contributed by atoms with E-state index in [0.717, 1.165) is 43.3 Å². The Morgan fingerprint density at radius 1 is 0.357 bits per heavy atom. The molecule has 0 saturated heterocycles. The van der Waals surface area contributed by atoms with Crippen LogP contribution in [0.15, 0.2) is 0 Å². The summed E-state index contributed by atoms with van der Waals surface area (Å²) in [4.78, 5) is 24.8. The van der Waals surface area contributed by atoms with E-state index in [9.17, 15) is 9.59 Å². The minimum Gasteiger partial charge on any atom is -1.00 e. The Hall–Kier alpha value is -0.410. The number of halogens is 1. The number of quaternary nitrogens is 1. The van der Waals surface area contributed by atoms with Gasteiger partial charge in [0.25, 0.3) is 0 Å². The van der Waals surface area contributed by atoms with Gasteiger partial charge < -0.3 is 16.9 Å². The van der Waals surface area contributed by atoms with E-state index < -0.39 is 0 Å². The summed E-state index contributed by atoms with van der Waals surface area (Å²) in [5.41, 5.74) is 0. The van der Waals surface area contributed by atoms with Crippen LogP contribution in [-0.2, 0) is 9.59 Å². The smallest absolute Gasteiger partial charge is 0.138 e. The van der Waals surface area contributed by atoms with E-state index in [4.69, 9.17) is 0 Å². The summed E-state index contributed by atoms with van der Waals surface area (Å²) in [6, 6.07) is 0. The van der Waals surface area contributed by atoms with E-state index in [1.807, 2.05) is 0 Å². The van der Waals surface area contributed by atoms with Gasteiger partial charge in [0.1, 0.15) is 11.6 Å². The summed E-state index contributed by atoms with van der Waals surface area (Å²) in [7, 11) is 4.36. The summed E-state index contributed by atoms with van der Waals surface area (Å²) in [6.45, 7) is 6.29. The van der Waals surface area contributed by atoms with Crippen molar-refractivity contribution in [1.29, 1.82) is 0 Å². The van der Waals surface area contributed by atoms with Crippen molar-refractivity contribution in [3.05, 3.63) is 0 Å². The third kappa shape index (κ3) is 34.1. The SMILES string of the molecule is CCCCCCCCCCCCCCCC(=O)CC[N+](C)(C)CCC(=O)CCCCCCCCCCCCCCC.[Cl-]. The van der Waals surface area contributed by atoms with E-state index in [0.29, 0.717) is 24.4 Å². The van der Waals surface area contributed by atoms with Crippen LogP contribution in [0.1, 0.15) is 206 Å². The van der Waals surface area contributed by atoms with Crippen LogP contribution in [0, 0.1) is 0 Å². The molecule has 0 aromatic rings. The van der Waals surface area contributed by atoms with Crippen molar-refractivity contribution in [3.8, 4) is 0 Å². The maximum Gasteiger partial charge on any atom is 0.138 e. The van der Waals surface area contributed by atoms with Crippen LogP contribution in [-0.4, -0.2) is 43.2 Å². The highest BCUT2D eigenvalue weighted by Gasteiger charge is 2.18. The Kier molecular flexibility index (Phi) is 34.9. The van der Waals surface area contributed by atoms with Gasteiger partial charge in [0.05, 0.1) is 40.0 Å². The highest BCUT2D eigenvalue weighted by atomic mass is 35.5. The van der Waals surface area contributed by atoms with Crippen molar-refractivity contribution in [3.63, 3.8) is 0 Å². The zero-order chi connectivity index (χ0) is 30.3. The summed E-state index contributed by atoms with van der Waals surface area (Å²) in [5, 5.41) is 0. The molecular weight excluding hydrogens is 538 g/mol. The second kappa shape index (κ2) is 33.5. The molecule has 0 heterocycles. The zero-order valence-electron chi connectivity index (χ0n) is 29.3. The second-order valence-corrected chi connectivity index (χ2v) is 13.9. The Morgan fingerprint density at radius 2 is 0.571 bits per heavy atom. The lowest BCUT2D eigenvalue weighted by molar-refractivity contribution is -0.889. The number of nitrogens with zero attached hydrogens (tertiary/aromatic N) is 1. The van der Waals surface area contributed by atoms with E-state index in [1.54, 1.807) is 0 Å². The summed E-state index contributed by atoms with van der Waals surface area (Å²) < 4.78 is 0.786. The molecule has 0 aromatic heterocycles. The first-order valence-electron chi connectivity index (χ1n) is 18.8. The van der Waals surface area contributed by atoms with Gasteiger partial charge >= 0.3 is 0 Å². The molecule has 0 aliphatic rings. The van der Waals surface area contributed by atoms with Gasteiger partial charge in [-0.05, 0) is 12.8 Å². The first kappa shape index (κ1) is 43.7. The minimum atomic E-state index is 0. The molecule has 0 atom stereocenters. The fourth-order valence-electron chi connectivity index (χ4n) is 5.90. The van der Waals surface area contributed by atoms with Crippen LogP contribution in [0.2, 0.25) is 0 Å². The maximum atomic E-state index is 12.4. The van der Waals surface area contributed by atoms with Crippen molar-refractivity contribution in [2.45, 2.75) is 206 Å². The zero-order valence-corrected chi connectivity index (χ0v) is 30.0. The highest BCUT2D eigenvalue weighted by Crippen LogP contribution is 2.15. The van der Waals surface area contributed by atoms with Crippen LogP contribution in [0.4, 0.5) is 0 Å². The lowest BCUT2D eigenvalue weighted by Crippen LogP contribution is -3.00. The van der Waals surface area contributed by atoms with Gasteiger partial charge in [0.15, 0.2) is 0 Å². The molecule has 42 heavy (non-hydrogen) atoms. The van der Waals surface area contributed by atoms with Gasteiger partial charge in [0.2, 0.25) is 0 Å². The topological polar surface area (TPSA) is 34.1 Å². The van der Waals surface area contributed by atoms with Crippen LogP contribution in [0.3, 0.4) is 0 Å². The van der Waals surface area contributed by atoms with Gasteiger partial charge in [-0.2, -0.15) is 0 Å². The molecule has 0 aliphatic heterocycles. The van der Waals surface area contributed by atoms with E-state index in [1.165, 1.54) is 154 Å². The van der Waals surface area contributed by atoms with Gasteiger partial charge in [-0.15, -0.1) is 0 Å². The number of rotatable bonds is 34. The number of carbonyl (C=O) groups is 2. The average Bonchev–Trinajstić information content (AvgIpc) is 2.96. The normalized spacial score (nSPS) is 11.5. The third-order valence-corrected chi connectivity index (χ3v) is 9.11. The first-order chi connectivity index (χ1) is 19.9. The van der Waals surface area contributed by atoms with Gasteiger partial charge in [-0.1, -0.05) is 168 Å². The lowest BCUT2D eigenvalue weighted by Gasteiger charge is -2.29. The molecule has 0 aliphatic carbocycles. The molecule has 3 nitrogen and oxygen atoms in total. The average molecular weight is 614 g/mol. The predicted molar refractivity (Wildman–Crippen MR) is 182 cm³/mol. The highest BCUT2D eigenvalue weighted by molar-refractivity contribution is 5.78. The summed E-state index contributed by atoms with van der Waals surface area (Å²) in [5.74, 6) is 0.829. The monoisotopic (exact) mass is 614 g/mol. The first-order valence-corrected chi connectivity index (χ1v) is 18.8. The largest absolute Gasteiger partial charge is 1.00 e. The standard InChI is InChI=1S/C38H76NO2.ClH/c1-5-7-9-11-13-15-17-19-21-23-25-27-29-31-37(40)33-35-39(3,4)36-34-38(41)32-30-28-26-24-22-20-18-16-14-12-10-8-6-2;/h5-36H2,1-4H3;1H/q+1;/p-1. The Balaban J connectivity index is 0. The minimum absolute atomic E-state index is 0. The van der Waals surface area contributed by atoms with Crippen molar-refractivity contribution in [2.75, 3.05) is 27.2 Å². The summed E-state index contributed by atoms with van der Waals surface area (Å²) in [6.07, 6.45) is 37.8. The molecule has 0 fully saturated rings. The molecule has 0 unspecified atom stereocenters. The molecule has 252 valence electrons. The molecule has 0 bridgehead atoms. The van der Waals surface area contributed by atoms with Crippen LogP contribution in [0.5, 0.6) is 0 Å². The molecular formula is C38H76ClNO2. The second-order valence-electron chi connectivity index (χ2n) is 13.9. The van der Waals surface area contributed by atoms with Crippen LogP contribution < -0.4 is 12.4 Å². The molecule has 0 aromatic carbocycles. The maximum absolute atomic E-state index is 12.4. The molecule has 0 radical (unpaired) electrons. The Bertz CT molecular complexity index is 529. The van der Waals surface area contributed by atoms with E-state index in [2.05, 4.69) is 27.9 Å². The van der Waals surface area contributed by atoms with Crippen LogP contribution in [0.25, 0.3) is 0 Å². The lowest BCUT2D eigenvalue weighted by atomic mass is 10.0. The van der Waals surface area contributed by atoms with Crippen molar-refractivity contribution in [1.82, 2.24) is 0 Å². The molecule has 0 spiro atoms. The number of hydrogen-bond acceptors (Lipinski definition) is 2. The van der Waals surface area contributed by atoms with Crippen molar-refractivity contribution < 1.29 is 26.5 Å². The Labute approximate surface area is 271 Å². The van der Waals surface area contributed by atoms with Crippen molar-refractivity contribution in [2.24, 2.45) is 0 Å². The number of unbranched alkanes of at least 4 members (excludes halogenated alkanes) is 24. The number of ketones is 2. The van der Waals surface area contributed by atoms with Crippen molar-refractivity contribution >= 4 is 11.6 Å². The summed E-state index contributed by atoms with van der Waals surface area (Å²) >= 11 is 0. The predicted octanol–water partition coefficient (Wildman–Crippen LogP) is 8.95. The molecule has 0 rings (SSSR count). The fourth-order valence-corrected chi connectivity index (χ4v) is 5.90. The molecule has 0 amide bonds. The number of carbonyl (C=O) groups excluding carboxylic acids is 2. The van der Waals surface area contributed by atoms with E-state index in [-0.39, 0.29) is 12.4 Å². The van der Waals surface area contributed by atoms with Crippen LogP contribution >= 0.6 is 0 Å². The van der Waals surface area contributed by atoms with E-state index >= 15 is 0 Å². The van der Waals surface area contributed by atoms with Gasteiger partial charge in [-0.25, -0.2) is 0 Å². The molecule has 0 saturated carbocycles. The third-order valence-electron chi connectivity index (χ3n) is 9.11. The number of Topliss-reactive ketones (excluding diaryl/α,β-unsaturated/α-hetero) is 2. The Morgan fingerprint density at radius 3 is 0.810 bits per heavy atom. The number of hydrogen-bond donors (Lipinski definition) is 0.